The van der Waals surface area contributed by atoms with E-state index in [0.717, 1.165) is 40.5 Å². The molecule has 6 nitrogen and oxygen atoms in total. The maximum Gasteiger partial charge on any atom is 0.211 e. The minimum absolute atomic E-state index is 0.00729. The SMILES string of the molecule is CCOc1cccc2sc(N3CCCC(N(C)S(C)(=O)=O)C3)nc12. The Morgan fingerprint density at radius 1 is 1.46 bits per heavy atom. The summed E-state index contributed by atoms with van der Waals surface area (Å²) in [5.41, 5.74) is 0.887. The summed E-state index contributed by atoms with van der Waals surface area (Å²) in [5, 5.41) is 0.934. The minimum atomic E-state index is -3.18. The van der Waals surface area contributed by atoms with Crippen LogP contribution in [0.25, 0.3) is 10.2 Å². The normalized spacial score (nSPS) is 19.2. The third kappa shape index (κ3) is 3.50. The van der Waals surface area contributed by atoms with Crippen LogP contribution in [-0.2, 0) is 10.0 Å². The van der Waals surface area contributed by atoms with Crippen molar-refractivity contribution >= 4 is 36.7 Å². The van der Waals surface area contributed by atoms with E-state index >= 15 is 0 Å². The van der Waals surface area contributed by atoms with Crippen molar-refractivity contribution in [2.75, 3.05) is 37.9 Å². The lowest BCUT2D eigenvalue weighted by molar-refractivity contribution is 0.322. The fraction of sp³-hybridized carbons (Fsp3) is 0.562. The molecule has 132 valence electrons. The number of nitrogens with zero attached hydrogens (tertiary/aromatic N) is 3. The summed E-state index contributed by atoms with van der Waals surface area (Å²) >= 11 is 1.63. The number of aromatic nitrogens is 1. The largest absolute Gasteiger partial charge is 0.492 e. The van der Waals surface area contributed by atoms with Gasteiger partial charge < -0.3 is 9.64 Å². The number of likely N-dealkylation sites (N-methyl/N-ethyl adjacent to an activating group) is 1. The molecule has 1 atom stereocenters. The highest BCUT2D eigenvalue weighted by Gasteiger charge is 2.29. The van der Waals surface area contributed by atoms with Gasteiger partial charge in [-0.25, -0.2) is 17.7 Å². The summed E-state index contributed by atoms with van der Waals surface area (Å²) in [6, 6.07) is 5.95. The van der Waals surface area contributed by atoms with Crippen LogP contribution in [0.4, 0.5) is 5.13 Å². The monoisotopic (exact) mass is 369 g/mol. The first kappa shape index (κ1) is 17.4. The molecule has 1 aromatic carbocycles. The molecule has 1 unspecified atom stereocenters. The Hall–Kier alpha value is -1.38. The summed E-state index contributed by atoms with van der Waals surface area (Å²) in [7, 11) is -1.52. The van der Waals surface area contributed by atoms with Gasteiger partial charge in [0.1, 0.15) is 11.3 Å². The molecule has 0 radical (unpaired) electrons. The van der Waals surface area contributed by atoms with Crippen molar-refractivity contribution in [3.8, 4) is 5.75 Å². The van der Waals surface area contributed by atoms with Crippen molar-refractivity contribution in [1.29, 1.82) is 0 Å². The highest BCUT2D eigenvalue weighted by molar-refractivity contribution is 7.88. The van der Waals surface area contributed by atoms with Crippen molar-refractivity contribution in [3.63, 3.8) is 0 Å². The molecule has 0 aliphatic carbocycles. The number of para-hydroxylation sites is 1. The molecule has 1 aliphatic heterocycles. The molecule has 0 spiro atoms. The topological polar surface area (TPSA) is 62.7 Å². The van der Waals surface area contributed by atoms with E-state index in [1.807, 2.05) is 25.1 Å². The van der Waals surface area contributed by atoms with Crippen LogP contribution in [0.3, 0.4) is 0 Å². The zero-order chi connectivity index (χ0) is 17.3. The molecule has 1 aromatic heterocycles. The van der Waals surface area contributed by atoms with Crippen LogP contribution in [0.1, 0.15) is 19.8 Å². The second-order valence-electron chi connectivity index (χ2n) is 6.05. The predicted molar refractivity (Wildman–Crippen MR) is 98.6 cm³/mol. The van der Waals surface area contributed by atoms with E-state index < -0.39 is 10.0 Å². The van der Waals surface area contributed by atoms with E-state index in [0.29, 0.717) is 13.2 Å². The molecule has 1 saturated heterocycles. The molecule has 8 heteroatoms. The van der Waals surface area contributed by atoms with Gasteiger partial charge in [-0.2, -0.15) is 0 Å². The maximum absolute atomic E-state index is 11.8. The zero-order valence-electron chi connectivity index (χ0n) is 14.2. The van der Waals surface area contributed by atoms with Gasteiger partial charge in [0.2, 0.25) is 10.0 Å². The van der Waals surface area contributed by atoms with Gasteiger partial charge in [0, 0.05) is 26.2 Å². The van der Waals surface area contributed by atoms with Crippen LogP contribution >= 0.6 is 11.3 Å². The molecule has 24 heavy (non-hydrogen) atoms. The number of fused-ring (bicyclic) bond motifs is 1. The molecule has 1 fully saturated rings. The first-order chi connectivity index (χ1) is 11.4. The molecule has 1 aliphatic rings. The van der Waals surface area contributed by atoms with Crippen LogP contribution in [0.5, 0.6) is 5.75 Å². The van der Waals surface area contributed by atoms with Crippen LogP contribution in [0, 0.1) is 0 Å². The van der Waals surface area contributed by atoms with Gasteiger partial charge in [0.05, 0.1) is 17.6 Å². The van der Waals surface area contributed by atoms with Gasteiger partial charge in [-0.1, -0.05) is 17.4 Å². The summed E-state index contributed by atoms with van der Waals surface area (Å²) in [6.07, 6.45) is 3.10. The average Bonchev–Trinajstić information content (AvgIpc) is 2.99. The first-order valence-corrected chi connectivity index (χ1v) is 10.8. The molecule has 0 saturated carbocycles. The Morgan fingerprint density at radius 2 is 2.25 bits per heavy atom. The average molecular weight is 370 g/mol. The standard InChI is InChI=1S/C16H23N3O3S2/c1-4-22-13-8-5-9-14-15(13)17-16(23-14)19-10-6-7-12(11-19)18(2)24(3,20)21/h5,8-9,12H,4,6-7,10-11H2,1-3H3. The molecule has 0 amide bonds. The number of anilines is 1. The van der Waals surface area contributed by atoms with Crippen LogP contribution in [0.15, 0.2) is 18.2 Å². The van der Waals surface area contributed by atoms with E-state index in [-0.39, 0.29) is 6.04 Å². The van der Waals surface area contributed by atoms with Gasteiger partial charge in [0.25, 0.3) is 0 Å². The minimum Gasteiger partial charge on any atom is -0.492 e. The van der Waals surface area contributed by atoms with E-state index in [4.69, 9.17) is 9.72 Å². The Balaban J connectivity index is 1.86. The zero-order valence-corrected chi connectivity index (χ0v) is 15.9. The van der Waals surface area contributed by atoms with Gasteiger partial charge in [-0.3, -0.25) is 0 Å². The highest BCUT2D eigenvalue weighted by Crippen LogP contribution is 2.35. The van der Waals surface area contributed by atoms with E-state index in [1.54, 1.807) is 18.4 Å². The van der Waals surface area contributed by atoms with Crippen molar-refractivity contribution in [3.05, 3.63) is 18.2 Å². The number of hydrogen-bond acceptors (Lipinski definition) is 6. The van der Waals surface area contributed by atoms with Crippen molar-refractivity contribution in [2.24, 2.45) is 0 Å². The number of hydrogen-bond donors (Lipinski definition) is 0. The summed E-state index contributed by atoms with van der Waals surface area (Å²) in [4.78, 5) is 6.95. The Morgan fingerprint density at radius 3 is 2.96 bits per heavy atom. The molecule has 0 N–H and O–H groups in total. The highest BCUT2D eigenvalue weighted by atomic mass is 32.2. The molecular formula is C16H23N3O3S2. The summed E-state index contributed by atoms with van der Waals surface area (Å²) < 4.78 is 31.9. The second kappa shape index (κ2) is 6.85. The molecule has 2 heterocycles. The number of rotatable bonds is 5. The fourth-order valence-electron chi connectivity index (χ4n) is 3.01. The number of benzene rings is 1. The third-order valence-electron chi connectivity index (χ3n) is 4.37. The summed E-state index contributed by atoms with van der Waals surface area (Å²) in [5.74, 6) is 0.805. The molecular weight excluding hydrogens is 346 g/mol. The number of sulfonamides is 1. The van der Waals surface area contributed by atoms with Gasteiger partial charge in [-0.05, 0) is 31.9 Å². The number of piperidine rings is 1. The van der Waals surface area contributed by atoms with Crippen LogP contribution in [-0.4, -0.2) is 56.7 Å². The molecule has 3 rings (SSSR count). The van der Waals surface area contributed by atoms with E-state index in [9.17, 15) is 8.42 Å². The Labute approximate surface area is 147 Å². The molecule has 2 aromatic rings. The Bertz CT molecular complexity index is 819. The first-order valence-electron chi connectivity index (χ1n) is 8.10. The lowest BCUT2D eigenvalue weighted by Gasteiger charge is -2.36. The van der Waals surface area contributed by atoms with E-state index in [2.05, 4.69) is 4.90 Å². The van der Waals surface area contributed by atoms with Crippen LogP contribution < -0.4 is 9.64 Å². The van der Waals surface area contributed by atoms with E-state index in [1.165, 1.54) is 10.6 Å². The lowest BCUT2D eigenvalue weighted by Crippen LogP contribution is -2.48. The lowest BCUT2D eigenvalue weighted by atomic mass is 10.1. The summed E-state index contributed by atoms with van der Waals surface area (Å²) in [6.45, 7) is 4.14. The quantitative estimate of drug-likeness (QED) is 0.810. The smallest absolute Gasteiger partial charge is 0.211 e. The van der Waals surface area contributed by atoms with Crippen molar-refractivity contribution < 1.29 is 13.2 Å². The second-order valence-corrected chi connectivity index (χ2v) is 9.10. The predicted octanol–water partition coefficient (Wildman–Crippen LogP) is 2.56. The van der Waals surface area contributed by atoms with Crippen molar-refractivity contribution in [2.45, 2.75) is 25.8 Å². The number of thiazole rings is 1. The van der Waals surface area contributed by atoms with Crippen LogP contribution in [0.2, 0.25) is 0 Å². The third-order valence-corrected chi connectivity index (χ3v) is 6.80. The van der Waals surface area contributed by atoms with Gasteiger partial charge >= 0.3 is 0 Å². The maximum atomic E-state index is 11.8. The van der Waals surface area contributed by atoms with Gasteiger partial charge in [-0.15, -0.1) is 0 Å². The number of ether oxygens (including phenoxy) is 1. The molecule has 0 bridgehead atoms. The fourth-order valence-corrected chi connectivity index (χ4v) is 4.75. The van der Waals surface area contributed by atoms with Gasteiger partial charge in [0.15, 0.2) is 5.13 Å². The van der Waals surface area contributed by atoms with Crippen molar-refractivity contribution in [1.82, 2.24) is 9.29 Å². The Kier molecular flexibility index (Phi) is 4.98.